The smallest absolute Gasteiger partial charge is 0.451 e. The summed E-state index contributed by atoms with van der Waals surface area (Å²) in [6, 6.07) is 13.2. The fourth-order valence-corrected chi connectivity index (χ4v) is 3.49. The van der Waals surface area contributed by atoms with E-state index in [-0.39, 0.29) is 15.6 Å². The number of anilines is 1. The molecule has 0 aromatic heterocycles. The van der Waals surface area contributed by atoms with Crippen LogP contribution in [-0.4, -0.2) is 32.6 Å². The Morgan fingerprint density at radius 2 is 1.40 bits per heavy atom. The molecule has 0 aliphatic rings. The maximum absolute atomic E-state index is 13.1. The molecule has 0 aliphatic carbocycles. The van der Waals surface area contributed by atoms with Crippen molar-refractivity contribution < 1.29 is 44.3 Å². The van der Waals surface area contributed by atoms with Crippen LogP contribution in [0.4, 0.5) is 32.0 Å². The number of alkyl halides is 6. The topological polar surface area (TPSA) is 63.7 Å². The zero-order valence-corrected chi connectivity index (χ0v) is 15.8. The number of halogens is 6. The van der Waals surface area contributed by atoms with E-state index < -0.39 is 46.7 Å². The summed E-state index contributed by atoms with van der Waals surface area (Å²) < 4.78 is 106. The van der Waals surface area contributed by atoms with Crippen LogP contribution in [0.2, 0.25) is 0 Å². The van der Waals surface area contributed by atoms with Gasteiger partial charge in [-0.3, -0.25) is 4.31 Å². The predicted molar refractivity (Wildman–Crippen MR) is 94.7 cm³/mol. The van der Waals surface area contributed by atoms with Gasteiger partial charge in [0, 0.05) is 13.0 Å². The molecule has 0 radical (unpaired) electrons. The minimum Gasteiger partial charge on any atom is -0.451 e. The first-order valence-electron chi connectivity index (χ1n) is 8.31. The molecule has 0 saturated heterocycles. The zero-order valence-electron chi connectivity index (χ0n) is 15.0. The second-order valence-electron chi connectivity index (χ2n) is 5.95. The highest BCUT2D eigenvalue weighted by atomic mass is 32.2. The lowest BCUT2D eigenvalue weighted by molar-refractivity contribution is -0.205. The fraction of sp³-hybridized carbons (Fsp3) is 0.278. The number of sulfonamides is 1. The van der Waals surface area contributed by atoms with E-state index in [0.717, 1.165) is 12.1 Å². The van der Waals surface area contributed by atoms with E-state index >= 15 is 0 Å². The van der Waals surface area contributed by atoms with E-state index in [0.29, 0.717) is 0 Å². The van der Waals surface area contributed by atoms with Gasteiger partial charge in [0.25, 0.3) is 0 Å². The largest absolute Gasteiger partial charge is 0.516 e. The van der Waals surface area contributed by atoms with Crippen molar-refractivity contribution in [2.45, 2.75) is 24.2 Å². The van der Waals surface area contributed by atoms with Gasteiger partial charge in [0.2, 0.25) is 0 Å². The molecule has 1 atom stereocenters. The average Bonchev–Trinajstić information content (AvgIpc) is 2.67. The molecule has 2 aromatic carbocycles. The summed E-state index contributed by atoms with van der Waals surface area (Å²) in [5.41, 5.74) is -5.93. The molecule has 0 spiro atoms. The van der Waals surface area contributed by atoms with E-state index in [2.05, 4.69) is 4.74 Å². The molecule has 30 heavy (non-hydrogen) atoms. The predicted octanol–water partition coefficient (Wildman–Crippen LogP) is 4.58. The molecule has 0 bridgehead atoms. The lowest BCUT2D eigenvalue weighted by Crippen LogP contribution is -2.42. The molecule has 0 saturated carbocycles. The average molecular weight is 455 g/mol. The van der Waals surface area contributed by atoms with Crippen LogP contribution in [0.1, 0.15) is 18.1 Å². The molecule has 2 rings (SSSR count). The van der Waals surface area contributed by atoms with Crippen LogP contribution >= 0.6 is 0 Å². The number of para-hydroxylation sites is 1. The van der Waals surface area contributed by atoms with Gasteiger partial charge in [0.1, 0.15) is 6.10 Å². The highest BCUT2D eigenvalue weighted by Gasteiger charge is 2.50. The van der Waals surface area contributed by atoms with Crippen molar-refractivity contribution in [2.75, 3.05) is 10.8 Å². The van der Waals surface area contributed by atoms with Crippen molar-refractivity contribution in [2.24, 2.45) is 0 Å². The monoisotopic (exact) mass is 455 g/mol. The van der Waals surface area contributed by atoms with Gasteiger partial charge >= 0.3 is 27.7 Å². The summed E-state index contributed by atoms with van der Waals surface area (Å²) in [7, 11) is -5.86. The van der Waals surface area contributed by atoms with Crippen LogP contribution in [-0.2, 0) is 19.6 Å². The van der Waals surface area contributed by atoms with Gasteiger partial charge in [0.15, 0.2) is 0 Å². The number of nitrogens with zero attached hydrogens (tertiary/aromatic N) is 1. The maximum Gasteiger partial charge on any atom is 0.516 e. The summed E-state index contributed by atoms with van der Waals surface area (Å²) in [6.45, 7) is -0.892. The van der Waals surface area contributed by atoms with Gasteiger partial charge in [-0.25, -0.2) is 4.79 Å². The third-order valence-corrected chi connectivity index (χ3v) is 5.43. The summed E-state index contributed by atoms with van der Waals surface area (Å²) in [5.74, 6) is -2.54. The van der Waals surface area contributed by atoms with Crippen LogP contribution in [0, 0.1) is 0 Å². The normalized spacial score (nSPS) is 13.5. The number of carbonyl (C=O) groups is 1. The molecule has 0 unspecified atom stereocenters. The number of rotatable bonds is 7. The van der Waals surface area contributed by atoms with Crippen molar-refractivity contribution in [3.8, 4) is 0 Å². The highest BCUT2D eigenvalue weighted by Crippen LogP contribution is 2.33. The van der Waals surface area contributed by atoms with Crippen molar-refractivity contribution >= 4 is 21.7 Å². The third kappa shape index (κ3) is 5.65. The summed E-state index contributed by atoms with van der Waals surface area (Å²) in [6.07, 6.45) is -7.62. The van der Waals surface area contributed by atoms with Gasteiger partial charge < -0.3 is 4.74 Å². The molecule has 0 heterocycles. The van der Waals surface area contributed by atoms with Gasteiger partial charge in [-0.15, -0.1) is 0 Å². The molecule has 0 fully saturated rings. The van der Waals surface area contributed by atoms with Crippen molar-refractivity contribution in [1.29, 1.82) is 0 Å². The Balaban J connectivity index is 2.36. The Hall–Kier alpha value is -2.76. The summed E-state index contributed by atoms with van der Waals surface area (Å²) in [4.78, 5) is 11.3. The van der Waals surface area contributed by atoms with Crippen LogP contribution in [0.3, 0.4) is 0 Å². The molecule has 12 heteroatoms. The van der Waals surface area contributed by atoms with Crippen molar-refractivity contribution in [3.63, 3.8) is 0 Å². The molecule has 2 aromatic rings. The SMILES string of the molecule is O=C(O[C@H](CCN(c1ccccc1)S(=O)(=O)C(F)(F)F)c1ccccc1)C(F)(F)F. The molecule has 0 amide bonds. The highest BCUT2D eigenvalue weighted by molar-refractivity contribution is 7.93. The van der Waals surface area contributed by atoms with Gasteiger partial charge in [-0.05, 0) is 17.7 Å². The molecular formula is C18H15F6NO4S. The first-order valence-corrected chi connectivity index (χ1v) is 9.75. The molecular weight excluding hydrogens is 440 g/mol. The van der Waals surface area contributed by atoms with E-state index in [1.165, 1.54) is 48.5 Å². The van der Waals surface area contributed by atoms with Crippen LogP contribution in [0.15, 0.2) is 60.7 Å². The molecule has 0 aliphatic heterocycles. The first kappa shape index (κ1) is 23.5. The first-order chi connectivity index (χ1) is 13.8. The Kier molecular flexibility index (Phi) is 7.01. The van der Waals surface area contributed by atoms with Crippen LogP contribution in [0.25, 0.3) is 0 Å². The third-order valence-electron chi connectivity index (χ3n) is 3.87. The standard InChI is InChI=1S/C18H15F6NO4S/c19-17(20,21)16(26)29-15(13-7-3-1-4-8-13)11-12-25(14-9-5-2-6-10-14)30(27,28)18(22,23)24/h1-10,15H,11-12H2/t15-/m1/s1. The van der Waals surface area contributed by atoms with Gasteiger partial charge in [-0.2, -0.15) is 34.8 Å². The lowest BCUT2D eigenvalue weighted by atomic mass is 10.1. The second kappa shape index (κ2) is 8.94. The molecule has 5 nitrogen and oxygen atoms in total. The number of hydrogen-bond donors (Lipinski definition) is 0. The number of ether oxygens (including phenoxy) is 1. The van der Waals surface area contributed by atoms with Crippen molar-refractivity contribution in [1.82, 2.24) is 0 Å². The Bertz CT molecular complexity index is 946. The van der Waals surface area contributed by atoms with Gasteiger partial charge in [-0.1, -0.05) is 48.5 Å². The lowest BCUT2D eigenvalue weighted by Gasteiger charge is -2.27. The van der Waals surface area contributed by atoms with E-state index in [1.807, 2.05) is 0 Å². The second-order valence-corrected chi connectivity index (χ2v) is 7.80. The molecule has 0 N–H and O–H groups in total. The van der Waals surface area contributed by atoms with E-state index in [1.54, 1.807) is 0 Å². The Labute approximate surface area is 167 Å². The van der Waals surface area contributed by atoms with Gasteiger partial charge in [0.05, 0.1) is 5.69 Å². The van der Waals surface area contributed by atoms with E-state index in [4.69, 9.17) is 0 Å². The van der Waals surface area contributed by atoms with Crippen LogP contribution < -0.4 is 4.31 Å². The number of esters is 1. The van der Waals surface area contributed by atoms with E-state index in [9.17, 15) is 39.6 Å². The Morgan fingerprint density at radius 3 is 1.87 bits per heavy atom. The quantitative estimate of drug-likeness (QED) is 0.453. The number of carbonyl (C=O) groups excluding carboxylic acids is 1. The summed E-state index contributed by atoms with van der Waals surface area (Å²) >= 11 is 0. The summed E-state index contributed by atoms with van der Waals surface area (Å²) in [5, 5.41) is 0. The molecule has 164 valence electrons. The maximum atomic E-state index is 13.1. The number of hydrogen-bond acceptors (Lipinski definition) is 4. The minimum absolute atomic E-state index is 0.0182. The number of benzene rings is 2. The van der Waals surface area contributed by atoms with Crippen LogP contribution in [0.5, 0.6) is 0 Å². The van der Waals surface area contributed by atoms with Crippen molar-refractivity contribution in [3.05, 3.63) is 66.2 Å². The fourth-order valence-electron chi connectivity index (χ4n) is 2.50. The Morgan fingerprint density at radius 1 is 0.900 bits per heavy atom. The zero-order chi connectivity index (χ0) is 22.6. The minimum atomic E-state index is -5.86.